The number of sulfone groups is 1. The second-order valence-corrected chi connectivity index (χ2v) is 8.61. The van der Waals surface area contributed by atoms with Crippen molar-refractivity contribution in [2.45, 2.75) is 45.4 Å². The molecule has 1 aromatic rings. The van der Waals surface area contributed by atoms with Gasteiger partial charge >= 0.3 is 0 Å². The fourth-order valence-corrected chi connectivity index (χ4v) is 4.04. The number of nitrogens with zero attached hydrogens (tertiary/aromatic N) is 2. The van der Waals surface area contributed by atoms with E-state index in [4.69, 9.17) is 0 Å². The Morgan fingerprint density at radius 1 is 1.35 bits per heavy atom. The Morgan fingerprint density at radius 3 is 2.55 bits per heavy atom. The standard InChI is InChI=1S/C14H23N3O2S/c1-5-15-12-8-11(14(2,3)4)16-13(17-12)10-6-7-20(18,19)9-10/h8,10H,5-7,9H2,1-4H3,(H,15,16,17). The molecule has 1 fully saturated rings. The topological polar surface area (TPSA) is 72.0 Å². The van der Waals surface area contributed by atoms with E-state index in [9.17, 15) is 8.42 Å². The molecule has 5 nitrogen and oxygen atoms in total. The maximum atomic E-state index is 11.6. The molecule has 0 bridgehead atoms. The van der Waals surface area contributed by atoms with Crippen LogP contribution in [0.3, 0.4) is 0 Å². The molecule has 1 atom stereocenters. The summed E-state index contributed by atoms with van der Waals surface area (Å²) in [5.74, 6) is 1.80. The van der Waals surface area contributed by atoms with Crippen molar-refractivity contribution in [2.75, 3.05) is 23.4 Å². The molecule has 1 aliphatic rings. The van der Waals surface area contributed by atoms with Crippen molar-refractivity contribution in [3.8, 4) is 0 Å². The SMILES string of the molecule is CCNc1cc(C(C)(C)C)nc(C2CCS(=O)(=O)C2)n1. The summed E-state index contributed by atoms with van der Waals surface area (Å²) in [7, 11) is -2.92. The second-order valence-electron chi connectivity index (χ2n) is 6.38. The second kappa shape index (κ2) is 5.31. The molecule has 0 aliphatic carbocycles. The average Bonchev–Trinajstić information content (AvgIpc) is 2.69. The fraction of sp³-hybridized carbons (Fsp3) is 0.714. The van der Waals surface area contributed by atoms with E-state index >= 15 is 0 Å². The lowest BCUT2D eigenvalue weighted by atomic mass is 9.91. The maximum Gasteiger partial charge on any atom is 0.151 e. The summed E-state index contributed by atoms with van der Waals surface area (Å²) in [5, 5.41) is 3.20. The van der Waals surface area contributed by atoms with Crippen LogP contribution in [0.15, 0.2) is 6.07 Å². The van der Waals surface area contributed by atoms with Crippen molar-refractivity contribution in [3.63, 3.8) is 0 Å². The zero-order valence-corrected chi connectivity index (χ0v) is 13.4. The summed E-state index contributed by atoms with van der Waals surface area (Å²) in [5.41, 5.74) is 0.863. The largest absolute Gasteiger partial charge is 0.370 e. The van der Waals surface area contributed by atoms with E-state index in [0.717, 1.165) is 18.1 Å². The quantitative estimate of drug-likeness (QED) is 0.925. The molecule has 1 saturated heterocycles. The Hall–Kier alpha value is -1.17. The Bertz CT molecular complexity index is 591. The van der Waals surface area contributed by atoms with Crippen LogP contribution in [0.4, 0.5) is 5.82 Å². The van der Waals surface area contributed by atoms with Gasteiger partial charge in [-0.1, -0.05) is 20.8 Å². The summed E-state index contributed by atoms with van der Waals surface area (Å²) in [6.45, 7) is 9.09. The van der Waals surface area contributed by atoms with Crippen LogP contribution in [-0.4, -0.2) is 36.4 Å². The molecular weight excluding hydrogens is 274 g/mol. The number of nitrogens with one attached hydrogen (secondary N) is 1. The van der Waals surface area contributed by atoms with Gasteiger partial charge in [0.1, 0.15) is 11.6 Å². The normalized spacial score (nSPS) is 21.9. The number of aromatic nitrogens is 2. The minimum Gasteiger partial charge on any atom is -0.370 e. The fourth-order valence-electron chi connectivity index (χ4n) is 2.30. The third kappa shape index (κ3) is 3.48. The van der Waals surface area contributed by atoms with Crippen molar-refractivity contribution >= 4 is 15.7 Å². The molecule has 2 heterocycles. The molecule has 1 unspecified atom stereocenters. The van der Waals surface area contributed by atoms with Crippen molar-refractivity contribution in [1.82, 2.24) is 9.97 Å². The van der Waals surface area contributed by atoms with Gasteiger partial charge in [0.15, 0.2) is 9.84 Å². The molecule has 0 aromatic carbocycles. The summed E-state index contributed by atoms with van der Waals surface area (Å²) < 4.78 is 23.3. The van der Waals surface area contributed by atoms with E-state index in [0.29, 0.717) is 12.2 Å². The molecule has 2 rings (SSSR count). The van der Waals surface area contributed by atoms with Gasteiger partial charge in [0.2, 0.25) is 0 Å². The molecular formula is C14H23N3O2S. The molecule has 0 saturated carbocycles. The minimum atomic E-state index is -2.92. The number of rotatable bonds is 3. The van der Waals surface area contributed by atoms with Gasteiger partial charge in [-0.15, -0.1) is 0 Å². The van der Waals surface area contributed by atoms with E-state index in [2.05, 4.69) is 36.1 Å². The third-order valence-electron chi connectivity index (χ3n) is 3.47. The molecule has 6 heteroatoms. The minimum absolute atomic E-state index is 0.0697. The van der Waals surface area contributed by atoms with Crippen molar-refractivity contribution in [2.24, 2.45) is 0 Å². The van der Waals surface area contributed by atoms with E-state index in [1.165, 1.54) is 0 Å². The van der Waals surface area contributed by atoms with E-state index in [1.54, 1.807) is 0 Å². The van der Waals surface area contributed by atoms with Gasteiger partial charge in [-0.3, -0.25) is 0 Å². The van der Waals surface area contributed by atoms with E-state index in [1.807, 2.05) is 13.0 Å². The molecule has 1 N–H and O–H groups in total. The van der Waals surface area contributed by atoms with Crippen molar-refractivity contribution in [3.05, 3.63) is 17.6 Å². The van der Waals surface area contributed by atoms with Gasteiger partial charge in [-0.05, 0) is 13.3 Å². The summed E-state index contributed by atoms with van der Waals surface area (Å²) in [6, 6.07) is 1.95. The molecule has 1 aliphatic heterocycles. The van der Waals surface area contributed by atoms with Crippen LogP contribution in [0.2, 0.25) is 0 Å². The molecule has 0 spiro atoms. The number of anilines is 1. The highest BCUT2D eigenvalue weighted by Crippen LogP contribution is 2.30. The number of hydrogen-bond donors (Lipinski definition) is 1. The average molecular weight is 297 g/mol. The summed E-state index contributed by atoms with van der Waals surface area (Å²) in [4.78, 5) is 9.12. The van der Waals surface area contributed by atoms with Crippen LogP contribution in [0.25, 0.3) is 0 Å². The van der Waals surface area contributed by atoms with Crippen LogP contribution in [0.5, 0.6) is 0 Å². The van der Waals surface area contributed by atoms with Gasteiger partial charge < -0.3 is 5.32 Å². The van der Waals surface area contributed by atoms with Crippen LogP contribution in [0, 0.1) is 0 Å². The lowest BCUT2D eigenvalue weighted by Gasteiger charge is -2.20. The summed E-state index contributed by atoms with van der Waals surface area (Å²) in [6.07, 6.45) is 0.626. The van der Waals surface area contributed by atoms with Gasteiger partial charge in [-0.2, -0.15) is 0 Å². The Kier molecular flexibility index (Phi) is 4.04. The van der Waals surface area contributed by atoms with Crippen LogP contribution in [0.1, 0.15) is 51.6 Å². The van der Waals surface area contributed by atoms with Crippen LogP contribution in [-0.2, 0) is 15.3 Å². The predicted molar refractivity (Wildman–Crippen MR) is 80.9 cm³/mol. The molecule has 0 amide bonds. The van der Waals surface area contributed by atoms with Crippen LogP contribution >= 0.6 is 0 Å². The highest BCUT2D eigenvalue weighted by Gasteiger charge is 2.32. The monoisotopic (exact) mass is 297 g/mol. The Labute approximate surface area is 121 Å². The van der Waals surface area contributed by atoms with Crippen LogP contribution < -0.4 is 5.32 Å². The first-order chi connectivity index (χ1) is 9.21. The lowest BCUT2D eigenvalue weighted by molar-refractivity contribution is 0.556. The lowest BCUT2D eigenvalue weighted by Crippen LogP contribution is -2.18. The highest BCUT2D eigenvalue weighted by molar-refractivity contribution is 7.91. The molecule has 1 aromatic heterocycles. The molecule has 112 valence electrons. The van der Waals surface area contributed by atoms with Crippen molar-refractivity contribution < 1.29 is 8.42 Å². The molecule has 0 radical (unpaired) electrons. The van der Waals surface area contributed by atoms with E-state index < -0.39 is 9.84 Å². The zero-order valence-electron chi connectivity index (χ0n) is 12.6. The third-order valence-corrected chi connectivity index (χ3v) is 5.24. The van der Waals surface area contributed by atoms with Crippen molar-refractivity contribution in [1.29, 1.82) is 0 Å². The van der Waals surface area contributed by atoms with E-state index in [-0.39, 0.29) is 22.8 Å². The Morgan fingerprint density at radius 2 is 2.05 bits per heavy atom. The van der Waals surface area contributed by atoms with Gasteiger partial charge in [-0.25, -0.2) is 18.4 Å². The van der Waals surface area contributed by atoms with Gasteiger partial charge in [0.05, 0.1) is 17.2 Å². The first-order valence-corrected chi connectivity index (χ1v) is 8.87. The molecule has 20 heavy (non-hydrogen) atoms. The first kappa shape index (κ1) is 15.2. The summed E-state index contributed by atoms with van der Waals surface area (Å²) >= 11 is 0. The predicted octanol–water partition coefficient (Wildman–Crippen LogP) is 2.11. The zero-order chi connectivity index (χ0) is 15.0. The number of hydrogen-bond acceptors (Lipinski definition) is 5. The smallest absolute Gasteiger partial charge is 0.151 e. The Balaban J connectivity index is 2.40. The van der Waals surface area contributed by atoms with Gasteiger partial charge in [0.25, 0.3) is 0 Å². The highest BCUT2D eigenvalue weighted by atomic mass is 32.2. The first-order valence-electron chi connectivity index (χ1n) is 7.05. The maximum absolute atomic E-state index is 11.6. The van der Waals surface area contributed by atoms with Gasteiger partial charge in [0, 0.05) is 23.9 Å².